The number of piperazine rings is 1. The largest absolute Gasteiger partial charge is 0.462 e. The van der Waals surface area contributed by atoms with Gasteiger partial charge in [-0.3, -0.25) is 4.79 Å². The highest BCUT2D eigenvalue weighted by Gasteiger charge is 2.28. The summed E-state index contributed by atoms with van der Waals surface area (Å²) in [4.78, 5) is 40.6. The van der Waals surface area contributed by atoms with Crippen molar-refractivity contribution < 1.29 is 14.3 Å². The summed E-state index contributed by atoms with van der Waals surface area (Å²) in [6.45, 7) is 8.43. The average molecular weight is 475 g/mol. The number of carbonyl (C=O) groups is 2. The normalized spacial score (nSPS) is 14.1. The summed E-state index contributed by atoms with van der Waals surface area (Å²) in [6, 6.07) is 13.8. The van der Waals surface area contributed by atoms with E-state index in [1.807, 2.05) is 61.2 Å². The predicted molar refractivity (Wildman–Crippen MR) is 135 cm³/mol. The molecular formula is C26H26N4O3S. The molecule has 1 amide bonds. The summed E-state index contributed by atoms with van der Waals surface area (Å²) < 4.78 is 5.23. The Labute approximate surface area is 202 Å². The second-order valence-electron chi connectivity index (χ2n) is 8.36. The molecular weight excluding hydrogens is 448 g/mol. The monoisotopic (exact) mass is 474 g/mol. The molecule has 34 heavy (non-hydrogen) atoms. The van der Waals surface area contributed by atoms with Gasteiger partial charge in [0.25, 0.3) is 5.91 Å². The van der Waals surface area contributed by atoms with Crippen LogP contribution in [0, 0.1) is 13.8 Å². The Morgan fingerprint density at radius 3 is 2.50 bits per heavy atom. The second kappa shape index (κ2) is 9.02. The van der Waals surface area contributed by atoms with Crippen LogP contribution in [-0.4, -0.2) is 59.5 Å². The van der Waals surface area contributed by atoms with Crippen molar-refractivity contribution in [3.05, 3.63) is 64.3 Å². The van der Waals surface area contributed by atoms with E-state index >= 15 is 0 Å². The van der Waals surface area contributed by atoms with Gasteiger partial charge in [-0.05, 0) is 43.2 Å². The van der Waals surface area contributed by atoms with Gasteiger partial charge in [-0.15, -0.1) is 11.3 Å². The zero-order valence-electron chi connectivity index (χ0n) is 19.5. The van der Waals surface area contributed by atoms with Gasteiger partial charge in [0.05, 0.1) is 12.0 Å². The van der Waals surface area contributed by atoms with Crippen LogP contribution in [0.4, 0.5) is 5.82 Å². The molecule has 1 aliphatic rings. The van der Waals surface area contributed by atoms with E-state index in [0.717, 1.165) is 37.9 Å². The number of hydrogen-bond acceptors (Lipinski definition) is 7. The summed E-state index contributed by atoms with van der Waals surface area (Å²) in [7, 11) is 0. The van der Waals surface area contributed by atoms with Gasteiger partial charge in [-0.25, -0.2) is 14.8 Å². The van der Waals surface area contributed by atoms with Crippen LogP contribution in [0.15, 0.2) is 42.5 Å². The number of anilines is 1. The van der Waals surface area contributed by atoms with Crippen LogP contribution in [0.25, 0.3) is 21.0 Å². The summed E-state index contributed by atoms with van der Waals surface area (Å²) in [6.07, 6.45) is 0. The van der Waals surface area contributed by atoms with E-state index in [-0.39, 0.29) is 11.9 Å². The molecule has 0 atom stereocenters. The molecule has 0 radical (unpaired) electrons. The molecule has 7 nitrogen and oxygen atoms in total. The van der Waals surface area contributed by atoms with Gasteiger partial charge in [0.1, 0.15) is 21.3 Å². The van der Waals surface area contributed by atoms with Gasteiger partial charge in [-0.2, -0.15) is 0 Å². The van der Waals surface area contributed by atoms with E-state index in [2.05, 4.69) is 9.88 Å². The molecule has 1 aliphatic heterocycles. The maximum atomic E-state index is 13.3. The van der Waals surface area contributed by atoms with Gasteiger partial charge in [0, 0.05) is 31.7 Å². The van der Waals surface area contributed by atoms with E-state index < -0.39 is 0 Å². The summed E-state index contributed by atoms with van der Waals surface area (Å²) in [5.74, 6) is 1.21. The predicted octanol–water partition coefficient (Wildman–Crippen LogP) is 4.60. The summed E-state index contributed by atoms with van der Waals surface area (Å²) >= 11 is 1.35. The molecule has 0 aliphatic carbocycles. The fourth-order valence-electron chi connectivity index (χ4n) is 4.55. The minimum Gasteiger partial charge on any atom is -0.462 e. The number of aromatic nitrogens is 2. The highest BCUT2D eigenvalue weighted by Crippen LogP contribution is 2.36. The molecule has 1 saturated heterocycles. The minimum atomic E-state index is -0.322. The van der Waals surface area contributed by atoms with Crippen molar-refractivity contribution >= 4 is 50.0 Å². The Balaban J connectivity index is 1.41. The van der Waals surface area contributed by atoms with Crippen LogP contribution in [0.5, 0.6) is 0 Å². The van der Waals surface area contributed by atoms with Crippen molar-refractivity contribution in [1.29, 1.82) is 0 Å². The number of carbonyl (C=O) groups excluding carboxylic acids is 2. The highest BCUT2D eigenvalue weighted by atomic mass is 32.1. The fraction of sp³-hybridized carbons (Fsp3) is 0.308. The zero-order chi connectivity index (χ0) is 23.8. The van der Waals surface area contributed by atoms with E-state index in [4.69, 9.17) is 9.72 Å². The topological polar surface area (TPSA) is 75.6 Å². The maximum absolute atomic E-state index is 13.3. The van der Waals surface area contributed by atoms with Crippen molar-refractivity contribution in [2.24, 2.45) is 0 Å². The van der Waals surface area contributed by atoms with Gasteiger partial charge in [0.2, 0.25) is 0 Å². The first-order valence-electron chi connectivity index (χ1n) is 11.4. The molecule has 0 unspecified atom stereocenters. The van der Waals surface area contributed by atoms with Gasteiger partial charge in [-0.1, -0.05) is 36.4 Å². The number of nitrogens with zero attached hydrogens (tertiary/aromatic N) is 4. The first-order chi connectivity index (χ1) is 16.5. The van der Waals surface area contributed by atoms with E-state index in [0.29, 0.717) is 43.5 Å². The van der Waals surface area contributed by atoms with Gasteiger partial charge >= 0.3 is 5.97 Å². The van der Waals surface area contributed by atoms with E-state index in [9.17, 15) is 9.59 Å². The molecule has 0 spiro atoms. The van der Waals surface area contributed by atoms with Crippen LogP contribution >= 0.6 is 11.3 Å². The van der Waals surface area contributed by atoms with E-state index in [1.165, 1.54) is 11.3 Å². The van der Waals surface area contributed by atoms with Crippen LogP contribution in [-0.2, 0) is 4.74 Å². The standard InChI is InChI=1S/C26H26N4O3S/c1-4-33-26(32)22-16(2)21-23(27-17(3)28-24(21)34-22)29-12-14-30(15-13-29)25(31)20-11-7-9-18-8-5-6-10-19(18)20/h5-11H,4,12-15H2,1-3H3. The SMILES string of the molecule is CCOC(=O)c1sc2nc(C)nc(N3CCN(C(=O)c4cccc5ccccc45)CC3)c2c1C. The number of esters is 1. The number of ether oxygens (including phenoxy) is 1. The third-order valence-corrected chi connectivity index (χ3v) is 7.40. The lowest BCUT2D eigenvalue weighted by molar-refractivity contribution is 0.0531. The Kier molecular flexibility index (Phi) is 5.91. The molecule has 0 bridgehead atoms. The van der Waals surface area contributed by atoms with Crippen LogP contribution < -0.4 is 4.90 Å². The van der Waals surface area contributed by atoms with Crippen molar-refractivity contribution in [2.75, 3.05) is 37.7 Å². The molecule has 0 saturated carbocycles. The number of amides is 1. The molecule has 0 N–H and O–H groups in total. The number of thiophene rings is 1. The fourth-order valence-corrected chi connectivity index (χ4v) is 5.66. The number of fused-ring (bicyclic) bond motifs is 2. The lowest BCUT2D eigenvalue weighted by Crippen LogP contribution is -2.49. The molecule has 5 rings (SSSR count). The second-order valence-corrected chi connectivity index (χ2v) is 9.36. The molecule has 2 aromatic carbocycles. The van der Waals surface area contributed by atoms with Crippen molar-refractivity contribution in [3.8, 4) is 0 Å². The molecule has 2 aromatic heterocycles. The highest BCUT2D eigenvalue weighted by molar-refractivity contribution is 7.20. The number of benzene rings is 2. The smallest absolute Gasteiger partial charge is 0.348 e. The lowest BCUT2D eigenvalue weighted by Gasteiger charge is -2.36. The molecule has 3 heterocycles. The third kappa shape index (κ3) is 3.88. The average Bonchev–Trinajstić information content (AvgIpc) is 3.19. The number of aryl methyl sites for hydroxylation is 2. The third-order valence-electron chi connectivity index (χ3n) is 6.23. The lowest BCUT2D eigenvalue weighted by atomic mass is 10.0. The summed E-state index contributed by atoms with van der Waals surface area (Å²) in [5, 5.41) is 2.94. The van der Waals surface area contributed by atoms with Crippen molar-refractivity contribution in [2.45, 2.75) is 20.8 Å². The molecule has 174 valence electrons. The van der Waals surface area contributed by atoms with Crippen molar-refractivity contribution in [1.82, 2.24) is 14.9 Å². The van der Waals surface area contributed by atoms with Gasteiger partial charge < -0.3 is 14.5 Å². The quantitative estimate of drug-likeness (QED) is 0.403. The maximum Gasteiger partial charge on any atom is 0.348 e. The number of rotatable bonds is 4. The van der Waals surface area contributed by atoms with Crippen molar-refractivity contribution in [3.63, 3.8) is 0 Å². The molecule has 4 aromatic rings. The molecule has 8 heteroatoms. The number of hydrogen-bond donors (Lipinski definition) is 0. The Morgan fingerprint density at radius 2 is 1.74 bits per heavy atom. The summed E-state index contributed by atoms with van der Waals surface area (Å²) in [5.41, 5.74) is 1.59. The molecule has 1 fully saturated rings. The first-order valence-corrected chi connectivity index (χ1v) is 12.3. The Morgan fingerprint density at radius 1 is 1.00 bits per heavy atom. The Bertz CT molecular complexity index is 1400. The van der Waals surface area contributed by atoms with Crippen LogP contribution in [0.3, 0.4) is 0 Å². The minimum absolute atomic E-state index is 0.0526. The van der Waals surface area contributed by atoms with E-state index in [1.54, 1.807) is 6.92 Å². The first kappa shape index (κ1) is 22.3. The van der Waals surface area contributed by atoms with Crippen LogP contribution in [0.2, 0.25) is 0 Å². The Hall–Kier alpha value is -3.52. The van der Waals surface area contributed by atoms with Crippen LogP contribution in [0.1, 0.15) is 38.3 Å². The van der Waals surface area contributed by atoms with Gasteiger partial charge in [0.15, 0.2) is 0 Å². The zero-order valence-corrected chi connectivity index (χ0v) is 20.3.